The van der Waals surface area contributed by atoms with Crippen molar-refractivity contribution in [3.05, 3.63) is 54.9 Å². The molecule has 3 aromatic heterocycles. The first-order valence-electron chi connectivity index (χ1n) is 8.35. The van der Waals surface area contributed by atoms with Crippen molar-refractivity contribution in [3.63, 3.8) is 0 Å². The number of tetrazole rings is 1. The number of hydrogen-bond acceptors (Lipinski definition) is 8. The molecule has 0 bridgehead atoms. The Morgan fingerprint density at radius 1 is 1.07 bits per heavy atom. The number of benzene rings is 1. The molecule has 0 saturated carbocycles. The van der Waals surface area contributed by atoms with Crippen molar-refractivity contribution in [1.29, 1.82) is 0 Å². The molecular weight excluding hydrogens is 380 g/mol. The summed E-state index contributed by atoms with van der Waals surface area (Å²) in [4.78, 5) is 4.20. The molecule has 1 aliphatic rings. The molecule has 10 heteroatoms. The highest BCUT2D eigenvalue weighted by atomic mass is 32.2. The molecule has 8 nitrogen and oxygen atoms in total. The summed E-state index contributed by atoms with van der Waals surface area (Å²) in [6.07, 6.45) is 3.58. The summed E-state index contributed by atoms with van der Waals surface area (Å²) >= 11 is 3.36. The van der Waals surface area contributed by atoms with Crippen LogP contribution in [0.1, 0.15) is 6.04 Å². The van der Waals surface area contributed by atoms with Gasteiger partial charge in [-0.05, 0) is 34.7 Å². The van der Waals surface area contributed by atoms with E-state index >= 15 is 0 Å². The Morgan fingerprint density at radius 2 is 2.00 bits per heavy atom. The van der Waals surface area contributed by atoms with E-state index in [2.05, 4.69) is 35.3 Å². The van der Waals surface area contributed by atoms with Gasteiger partial charge in [-0.1, -0.05) is 41.7 Å². The summed E-state index contributed by atoms with van der Waals surface area (Å²) in [5.74, 6) is 2.65. The second kappa shape index (κ2) is 7.12. The monoisotopic (exact) mass is 394 g/mol. The van der Waals surface area contributed by atoms with Gasteiger partial charge in [0, 0.05) is 29.5 Å². The Labute approximate surface area is 163 Å². The largest absolute Gasteiger partial charge is 0.297 e. The van der Waals surface area contributed by atoms with Gasteiger partial charge in [-0.2, -0.15) is 4.68 Å². The van der Waals surface area contributed by atoms with Crippen molar-refractivity contribution in [3.8, 4) is 17.1 Å². The van der Waals surface area contributed by atoms with Crippen LogP contribution in [0.5, 0.6) is 0 Å². The molecule has 134 valence electrons. The number of para-hydroxylation sites is 1. The molecule has 0 amide bonds. The molecule has 1 aliphatic heterocycles. The van der Waals surface area contributed by atoms with Gasteiger partial charge in [-0.15, -0.1) is 15.3 Å². The Bertz CT molecular complexity index is 1050. The average molecular weight is 394 g/mol. The maximum atomic E-state index is 4.37. The van der Waals surface area contributed by atoms with Crippen LogP contribution in [0.4, 0.5) is 0 Å². The number of aromatic nitrogens is 8. The van der Waals surface area contributed by atoms with Gasteiger partial charge in [-0.3, -0.25) is 9.55 Å². The van der Waals surface area contributed by atoms with Crippen LogP contribution in [0.15, 0.2) is 65.2 Å². The molecule has 0 spiro atoms. The number of thioether (sulfide) groups is 2. The van der Waals surface area contributed by atoms with E-state index in [4.69, 9.17) is 0 Å². The third-order valence-corrected chi connectivity index (χ3v) is 6.35. The molecule has 1 unspecified atom stereocenters. The Hall–Kier alpha value is -2.72. The Kier molecular flexibility index (Phi) is 4.34. The van der Waals surface area contributed by atoms with Gasteiger partial charge < -0.3 is 0 Å². The van der Waals surface area contributed by atoms with Crippen molar-refractivity contribution < 1.29 is 0 Å². The van der Waals surface area contributed by atoms with E-state index in [0.717, 1.165) is 38.9 Å². The highest BCUT2D eigenvalue weighted by Gasteiger charge is 2.29. The van der Waals surface area contributed by atoms with Crippen molar-refractivity contribution in [2.24, 2.45) is 0 Å². The van der Waals surface area contributed by atoms with Crippen molar-refractivity contribution in [1.82, 2.24) is 40.0 Å². The molecule has 0 radical (unpaired) electrons. The lowest BCUT2D eigenvalue weighted by atomic mass is 10.2. The Morgan fingerprint density at radius 3 is 2.85 bits per heavy atom. The maximum absolute atomic E-state index is 4.37. The van der Waals surface area contributed by atoms with Gasteiger partial charge in [0.15, 0.2) is 11.0 Å². The van der Waals surface area contributed by atoms with Crippen LogP contribution in [-0.2, 0) is 0 Å². The van der Waals surface area contributed by atoms with Gasteiger partial charge in [0.2, 0.25) is 5.16 Å². The minimum atomic E-state index is 0.265. The van der Waals surface area contributed by atoms with Crippen LogP contribution in [0.25, 0.3) is 17.1 Å². The van der Waals surface area contributed by atoms with Crippen LogP contribution < -0.4 is 0 Å². The van der Waals surface area contributed by atoms with E-state index in [1.54, 1.807) is 34.4 Å². The topological polar surface area (TPSA) is 87.2 Å². The molecule has 4 aromatic rings. The first-order chi connectivity index (χ1) is 13.4. The number of rotatable bonds is 5. The van der Waals surface area contributed by atoms with Crippen molar-refractivity contribution in [2.75, 3.05) is 11.5 Å². The van der Waals surface area contributed by atoms with Gasteiger partial charge in [0.25, 0.3) is 0 Å². The summed E-state index contributed by atoms with van der Waals surface area (Å²) in [6.45, 7) is 0. The molecule has 0 N–H and O–H groups in total. The average Bonchev–Trinajstić information content (AvgIpc) is 3.44. The summed E-state index contributed by atoms with van der Waals surface area (Å²) in [6, 6.07) is 14.1. The van der Waals surface area contributed by atoms with E-state index in [1.807, 2.05) is 48.7 Å². The minimum Gasteiger partial charge on any atom is -0.297 e. The maximum Gasteiger partial charge on any atom is 0.214 e. The van der Waals surface area contributed by atoms with Crippen LogP contribution >= 0.6 is 23.5 Å². The summed E-state index contributed by atoms with van der Waals surface area (Å²) < 4.78 is 3.97. The lowest BCUT2D eigenvalue weighted by Crippen LogP contribution is -2.12. The first kappa shape index (κ1) is 16.5. The Balaban J connectivity index is 1.38. The van der Waals surface area contributed by atoms with E-state index in [9.17, 15) is 0 Å². The summed E-state index contributed by atoms with van der Waals surface area (Å²) in [5, 5.41) is 22.6. The molecular formula is C17H14N8S2. The van der Waals surface area contributed by atoms with Crippen molar-refractivity contribution in [2.45, 2.75) is 16.4 Å². The fraction of sp³-hybridized carbons (Fsp3) is 0.176. The molecule has 27 heavy (non-hydrogen) atoms. The van der Waals surface area contributed by atoms with Crippen LogP contribution in [0, 0.1) is 0 Å². The smallest absolute Gasteiger partial charge is 0.214 e. The lowest BCUT2D eigenvalue weighted by Gasteiger charge is -2.13. The van der Waals surface area contributed by atoms with E-state index < -0.39 is 0 Å². The van der Waals surface area contributed by atoms with Crippen LogP contribution in [0.3, 0.4) is 0 Å². The molecule has 5 rings (SSSR count). The number of fused-ring (bicyclic) bond motifs is 1. The second-order valence-electron chi connectivity index (χ2n) is 5.90. The molecule has 4 heterocycles. The lowest BCUT2D eigenvalue weighted by molar-refractivity contribution is 0.596. The van der Waals surface area contributed by atoms with Gasteiger partial charge in [-0.25, -0.2) is 0 Å². The molecule has 1 atom stereocenters. The zero-order valence-corrected chi connectivity index (χ0v) is 15.7. The molecule has 0 aliphatic carbocycles. The highest BCUT2D eigenvalue weighted by Crippen LogP contribution is 2.38. The molecule has 0 fully saturated rings. The normalized spacial score (nSPS) is 15.8. The molecule has 0 saturated heterocycles. The third-order valence-electron chi connectivity index (χ3n) is 4.20. The van der Waals surface area contributed by atoms with Crippen molar-refractivity contribution >= 4 is 23.5 Å². The fourth-order valence-corrected chi connectivity index (χ4v) is 5.13. The quantitative estimate of drug-likeness (QED) is 0.478. The van der Waals surface area contributed by atoms with E-state index in [-0.39, 0.29) is 6.04 Å². The van der Waals surface area contributed by atoms with E-state index in [1.165, 1.54) is 0 Å². The SMILES string of the molecule is c1ccc(-n2nnnc2SCC2CSc3nnc(-c4cccnc4)n32)cc1. The minimum absolute atomic E-state index is 0.265. The van der Waals surface area contributed by atoms with Gasteiger partial charge in [0.1, 0.15) is 0 Å². The van der Waals surface area contributed by atoms with Crippen LogP contribution in [0.2, 0.25) is 0 Å². The number of pyridine rings is 1. The van der Waals surface area contributed by atoms with Crippen LogP contribution in [-0.4, -0.2) is 51.5 Å². The zero-order valence-electron chi connectivity index (χ0n) is 14.1. The highest BCUT2D eigenvalue weighted by molar-refractivity contribution is 8.00. The standard InChI is InChI=1S/C17H14N8S2/c1-2-6-13(7-3-1)25-17(21-22-23-25)27-11-14-10-26-16-20-19-15(24(14)16)12-5-4-8-18-9-12/h1-9,14H,10-11H2. The molecule has 1 aromatic carbocycles. The summed E-state index contributed by atoms with van der Waals surface area (Å²) in [5.41, 5.74) is 1.93. The second-order valence-corrected chi connectivity index (χ2v) is 7.88. The third kappa shape index (κ3) is 3.10. The first-order valence-corrected chi connectivity index (χ1v) is 10.3. The number of hydrogen-bond donors (Lipinski definition) is 0. The predicted molar refractivity (Wildman–Crippen MR) is 103 cm³/mol. The fourth-order valence-electron chi connectivity index (χ4n) is 2.94. The number of nitrogens with zero attached hydrogens (tertiary/aromatic N) is 8. The van der Waals surface area contributed by atoms with Gasteiger partial charge >= 0.3 is 0 Å². The summed E-state index contributed by atoms with van der Waals surface area (Å²) in [7, 11) is 0. The van der Waals surface area contributed by atoms with Gasteiger partial charge in [0.05, 0.1) is 11.7 Å². The zero-order chi connectivity index (χ0) is 18.1. The predicted octanol–water partition coefficient (Wildman–Crippen LogP) is 2.75. The van der Waals surface area contributed by atoms with E-state index in [0.29, 0.717) is 0 Å².